The SMILES string of the molecule is CCC(C)N([SiH2][SiH2]N(C(C)C)C(C)C)[SiH](C)C. The van der Waals surface area contributed by atoms with Crippen molar-refractivity contribution in [1.82, 2.24) is 8.80 Å². The second kappa shape index (κ2) is 8.63. The molecule has 0 N–H and O–H groups in total. The Labute approximate surface area is 115 Å². The second-order valence-corrected chi connectivity index (χ2v) is 14.6. The minimum Gasteiger partial charge on any atom is -0.352 e. The van der Waals surface area contributed by atoms with E-state index in [0.717, 1.165) is 18.1 Å². The van der Waals surface area contributed by atoms with Crippen LogP contribution in [0.1, 0.15) is 48.0 Å². The highest BCUT2D eigenvalue weighted by molar-refractivity contribution is 7.00. The third kappa shape index (κ3) is 6.33. The van der Waals surface area contributed by atoms with Gasteiger partial charge in [0.05, 0.1) is 27.4 Å². The molecule has 0 aliphatic heterocycles. The summed E-state index contributed by atoms with van der Waals surface area (Å²) in [5.41, 5.74) is 0. The maximum Gasteiger partial charge on any atom is 0.0979 e. The summed E-state index contributed by atoms with van der Waals surface area (Å²) in [6.45, 7) is 19.2. The van der Waals surface area contributed by atoms with Crippen LogP contribution in [0.15, 0.2) is 0 Å². The molecule has 5 heteroatoms. The zero-order chi connectivity index (χ0) is 13.6. The lowest BCUT2D eigenvalue weighted by molar-refractivity contribution is 0.316. The fraction of sp³-hybridized carbons (Fsp3) is 1.00. The standard InChI is InChI=1S/C12H34N2Si3/c1-9-12(6)14(17(7)8)16-15-13(10(2)3)11(4)5/h10-12,17H,9,15-16H2,1-8H3. The van der Waals surface area contributed by atoms with Crippen LogP contribution in [0, 0.1) is 0 Å². The Morgan fingerprint density at radius 2 is 1.41 bits per heavy atom. The minimum atomic E-state index is -0.579. The van der Waals surface area contributed by atoms with Crippen molar-refractivity contribution in [1.29, 1.82) is 0 Å². The van der Waals surface area contributed by atoms with E-state index in [0.29, 0.717) is 0 Å². The van der Waals surface area contributed by atoms with Gasteiger partial charge in [-0.3, -0.25) is 0 Å². The molecule has 0 amide bonds. The van der Waals surface area contributed by atoms with Crippen LogP contribution in [0.25, 0.3) is 0 Å². The molecule has 0 heterocycles. The Kier molecular flexibility index (Phi) is 8.92. The van der Waals surface area contributed by atoms with E-state index in [1.165, 1.54) is 6.42 Å². The predicted octanol–water partition coefficient (Wildman–Crippen LogP) is 1.27. The lowest BCUT2D eigenvalue weighted by Crippen LogP contribution is -2.52. The third-order valence-corrected chi connectivity index (χ3v) is 17.1. The van der Waals surface area contributed by atoms with Crippen LogP contribution in [0.4, 0.5) is 0 Å². The molecule has 17 heavy (non-hydrogen) atoms. The first kappa shape index (κ1) is 17.6. The molecule has 1 atom stereocenters. The fourth-order valence-electron chi connectivity index (χ4n) is 2.57. The van der Waals surface area contributed by atoms with E-state index < -0.39 is 8.96 Å². The van der Waals surface area contributed by atoms with Crippen LogP contribution in [-0.4, -0.2) is 54.3 Å². The molecule has 0 rings (SSSR count). The molecule has 1 unspecified atom stereocenters. The molecule has 0 fully saturated rings. The first-order valence-corrected chi connectivity index (χ1v) is 15.4. The van der Waals surface area contributed by atoms with Crippen LogP contribution in [0.5, 0.6) is 0 Å². The van der Waals surface area contributed by atoms with Gasteiger partial charge < -0.3 is 8.80 Å². The Bertz CT molecular complexity index is 190. The molecule has 0 saturated heterocycles. The molecular formula is C12H34N2Si3. The van der Waals surface area contributed by atoms with Crippen molar-refractivity contribution >= 4 is 27.4 Å². The summed E-state index contributed by atoms with van der Waals surface area (Å²) in [6, 6.07) is 2.35. The largest absolute Gasteiger partial charge is 0.352 e. The van der Waals surface area contributed by atoms with E-state index in [1.807, 2.05) is 0 Å². The van der Waals surface area contributed by atoms with E-state index in [-0.39, 0.29) is 18.4 Å². The lowest BCUT2D eigenvalue weighted by Gasteiger charge is -2.36. The molecule has 0 saturated carbocycles. The molecule has 0 radical (unpaired) electrons. The van der Waals surface area contributed by atoms with Crippen molar-refractivity contribution in [2.24, 2.45) is 0 Å². The quantitative estimate of drug-likeness (QED) is 0.621. The lowest BCUT2D eigenvalue weighted by atomic mass is 10.3. The number of nitrogens with zero attached hydrogens (tertiary/aromatic N) is 2. The van der Waals surface area contributed by atoms with Gasteiger partial charge in [0.2, 0.25) is 0 Å². The Hall–Kier alpha value is 0.571. The molecule has 0 aliphatic rings. The molecule has 0 aromatic carbocycles. The summed E-state index contributed by atoms with van der Waals surface area (Å²) in [5.74, 6) is 0. The van der Waals surface area contributed by atoms with Gasteiger partial charge in [-0.15, -0.1) is 0 Å². The van der Waals surface area contributed by atoms with Crippen molar-refractivity contribution in [2.45, 2.75) is 79.2 Å². The van der Waals surface area contributed by atoms with Crippen LogP contribution in [0.3, 0.4) is 0 Å². The van der Waals surface area contributed by atoms with Crippen LogP contribution in [-0.2, 0) is 0 Å². The summed E-state index contributed by atoms with van der Waals surface area (Å²) in [6.07, 6.45) is 1.33. The van der Waals surface area contributed by atoms with Gasteiger partial charge in [-0.1, -0.05) is 54.6 Å². The highest BCUT2D eigenvalue weighted by Gasteiger charge is 2.20. The smallest absolute Gasteiger partial charge is 0.0979 e. The van der Waals surface area contributed by atoms with Crippen molar-refractivity contribution in [3.05, 3.63) is 0 Å². The Morgan fingerprint density at radius 1 is 0.941 bits per heavy atom. The predicted molar refractivity (Wildman–Crippen MR) is 89.7 cm³/mol. The second-order valence-electron chi connectivity index (χ2n) is 6.01. The molecular weight excluding hydrogens is 256 g/mol. The van der Waals surface area contributed by atoms with Gasteiger partial charge in [0.1, 0.15) is 0 Å². The molecule has 0 aliphatic carbocycles. The van der Waals surface area contributed by atoms with E-state index >= 15 is 0 Å². The zero-order valence-corrected chi connectivity index (χ0v) is 17.3. The molecule has 104 valence electrons. The average molecular weight is 291 g/mol. The zero-order valence-electron chi connectivity index (χ0n) is 13.3. The topological polar surface area (TPSA) is 6.48 Å². The van der Waals surface area contributed by atoms with Crippen LogP contribution >= 0.6 is 0 Å². The molecule has 0 spiro atoms. The minimum absolute atomic E-state index is 0.0209. The van der Waals surface area contributed by atoms with Crippen LogP contribution in [0.2, 0.25) is 13.1 Å². The maximum atomic E-state index is 2.96. The summed E-state index contributed by atoms with van der Waals surface area (Å²) < 4.78 is 5.77. The van der Waals surface area contributed by atoms with Crippen molar-refractivity contribution in [3.8, 4) is 0 Å². The van der Waals surface area contributed by atoms with Crippen molar-refractivity contribution in [3.63, 3.8) is 0 Å². The van der Waals surface area contributed by atoms with E-state index in [9.17, 15) is 0 Å². The van der Waals surface area contributed by atoms with Crippen LogP contribution < -0.4 is 0 Å². The Balaban J connectivity index is 4.37. The summed E-state index contributed by atoms with van der Waals surface area (Å²) in [7, 11) is -0.512. The summed E-state index contributed by atoms with van der Waals surface area (Å²) in [5, 5.41) is 0. The number of rotatable bonds is 8. The van der Waals surface area contributed by atoms with Gasteiger partial charge in [0, 0.05) is 0 Å². The summed E-state index contributed by atoms with van der Waals surface area (Å²) in [4.78, 5) is 0. The average Bonchev–Trinajstić information content (AvgIpc) is 2.21. The summed E-state index contributed by atoms with van der Waals surface area (Å²) >= 11 is 0. The van der Waals surface area contributed by atoms with Gasteiger partial charge >= 0.3 is 0 Å². The van der Waals surface area contributed by atoms with Crippen molar-refractivity contribution in [2.75, 3.05) is 0 Å². The maximum absolute atomic E-state index is 2.96. The monoisotopic (exact) mass is 290 g/mol. The molecule has 0 bridgehead atoms. The van der Waals surface area contributed by atoms with Crippen molar-refractivity contribution < 1.29 is 0 Å². The van der Waals surface area contributed by atoms with E-state index in [1.54, 1.807) is 0 Å². The molecule has 2 nitrogen and oxygen atoms in total. The van der Waals surface area contributed by atoms with Gasteiger partial charge in [-0.25, -0.2) is 0 Å². The number of hydrogen-bond acceptors (Lipinski definition) is 2. The van der Waals surface area contributed by atoms with E-state index in [4.69, 9.17) is 0 Å². The first-order valence-electron chi connectivity index (χ1n) is 7.32. The van der Waals surface area contributed by atoms with Gasteiger partial charge in [0.25, 0.3) is 0 Å². The first-order chi connectivity index (χ1) is 7.81. The number of hydrogen-bond donors (Lipinski definition) is 0. The normalized spacial score (nSPS) is 16.1. The van der Waals surface area contributed by atoms with Gasteiger partial charge in [-0.05, 0) is 24.5 Å². The third-order valence-electron chi connectivity index (χ3n) is 3.76. The fourth-order valence-corrected chi connectivity index (χ4v) is 19.5. The molecule has 0 aromatic rings. The van der Waals surface area contributed by atoms with Gasteiger partial charge in [-0.2, -0.15) is 0 Å². The highest BCUT2D eigenvalue weighted by Crippen LogP contribution is 2.07. The van der Waals surface area contributed by atoms with Gasteiger partial charge in [0.15, 0.2) is 0 Å². The Morgan fingerprint density at radius 3 is 1.71 bits per heavy atom. The highest BCUT2D eigenvalue weighted by atomic mass is 29.2. The van der Waals surface area contributed by atoms with E-state index in [2.05, 4.69) is 63.4 Å². The molecule has 0 aromatic heterocycles.